The molecule has 23 heavy (non-hydrogen) atoms. The lowest BCUT2D eigenvalue weighted by molar-refractivity contribution is -0.157. The van der Waals surface area contributed by atoms with Gasteiger partial charge in [-0.3, -0.25) is 9.59 Å². The van der Waals surface area contributed by atoms with Gasteiger partial charge >= 0.3 is 5.97 Å². The van der Waals surface area contributed by atoms with Crippen LogP contribution in [0.25, 0.3) is 0 Å². The number of nitrogens with zero attached hydrogens (tertiary/aromatic N) is 1. The van der Waals surface area contributed by atoms with Gasteiger partial charge in [0.25, 0.3) is 5.91 Å². The SMILES string of the molecule is CNC(=O)CN(C)C(=O)COC(=O)[C@H](C)Oc1ccc(Cl)cc1. The molecule has 0 fully saturated rings. The van der Waals surface area contributed by atoms with Crippen molar-refractivity contribution in [2.75, 3.05) is 27.2 Å². The Morgan fingerprint density at radius 2 is 1.87 bits per heavy atom. The third-order valence-electron chi connectivity index (χ3n) is 2.88. The number of nitrogens with one attached hydrogen (secondary N) is 1. The van der Waals surface area contributed by atoms with Crippen molar-refractivity contribution in [3.05, 3.63) is 29.3 Å². The molecule has 0 saturated heterocycles. The summed E-state index contributed by atoms with van der Waals surface area (Å²) in [5.41, 5.74) is 0. The third kappa shape index (κ3) is 6.56. The molecule has 8 heteroatoms. The van der Waals surface area contributed by atoms with E-state index in [1.807, 2.05) is 0 Å². The molecule has 7 nitrogen and oxygen atoms in total. The molecule has 0 bridgehead atoms. The van der Waals surface area contributed by atoms with E-state index < -0.39 is 24.6 Å². The molecule has 0 heterocycles. The molecular formula is C15H19ClN2O5. The average molecular weight is 343 g/mol. The van der Waals surface area contributed by atoms with Gasteiger partial charge in [-0.2, -0.15) is 0 Å². The van der Waals surface area contributed by atoms with E-state index in [9.17, 15) is 14.4 Å². The topological polar surface area (TPSA) is 84.9 Å². The summed E-state index contributed by atoms with van der Waals surface area (Å²) in [4.78, 5) is 35.8. The van der Waals surface area contributed by atoms with E-state index in [4.69, 9.17) is 21.1 Å². The second-order valence-electron chi connectivity index (χ2n) is 4.74. The number of likely N-dealkylation sites (N-methyl/N-ethyl adjacent to an activating group) is 2. The highest BCUT2D eigenvalue weighted by atomic mass is 35.5. The highest BCUT2D eigenvalue weighted by molar-refractivity contribution is 6.30. The highest BCUT2D eigenvalue weighted by Gasteiger charge is 2.19. The summed E-state index contributed by atoms with van der Waals surface area (Å²) in [7, 11) is 2.91. The van der Waals surface area contributed by atoms with E-state index in [1.54, 1.807) is 24.3 Å². The van der Waals surface area contributed by atoms with E-state index in [2.05, 4.69) is 5.32 Å². The van der Waals surface area contributed by atoms with E-state index in [1.165, 1.54) is 21.0 Å². The van der Waals surface area contributed by atoms with Crippen LogP contribution >= 0.6 is 11.6 Å². The fourth-order valence-electron chi connectivity index (χ4n) is 1.51. The fraction of sp³-hybridized carbons (Fsp3) is 0.400. The van der Waals surface area contributed by atoms with Crippen LogP contribution in [0.3, 0.4) is 0 Å². The van der Waals surface area contributed by atoms with Gasteiger partial charge in [0, 0.05) is 19.1 Å². The molecule has 1 N–H and O–H groups in total. The molecule has 1 aromatic rings. The molecule has 0 radical (unpaired) electrons. The monoisotopic (exact) mass is 342 g/mol. The summed E-state index contributed by atoms with van der Waals surface area (Å²) in [6.07, 6.45) is -0.881. The molecule has 0 aromatic heterocycles. The predicted octanol–water partition coefficient (Wildman–Crippen LogP) is 0.855. The molecule has 126 valence electrons. The van der Waals surface area contributed by atoms with Gasteiger partial charge in [0.05, 0.1) is 6.54 Å². The number of esters is 1. The second kappa shape index (κ2) is 8.99. The maximum Gasteiger partial charge on any atom is 0.347 e. The van der Waals surface area contributed by atoms with Crippen molar-refractivity contribution in [2.45, 2.75) is 13.0 Å². The number of carbonyl (C=O) groups excluding carboxylic acids is 3. The van der Waals surface area contributed by atoms with Gasteiger partial charge in [0.1, 0.15) is 5.75 Å². The van der Waals surface area contributed by atoms with Crippen molar-refractivity contribution < 1.29 is 23.9 Å². The number of halogens is 1. The first kappa shape index (κ1) is 18.8. The van der Waals surface area contributed by atoms with Crippen molar-refractivity contribution in [2.24, 2.45) is 0 Å². The molecule has 2 amide bonds. The zero-order valence-electron chi connectivity index (χ0n) is 13.2. The number of hydrogen-bond acceptors (Lipinski definition) is 5. The lowest BCUT2D eigenvalue weighted by Gasteiger charge is -2.17. The van der Waals surface area contributed by atoms with Crippen LogP contribution in [0.5, 0.6) is 5.75 Å². The van der Waals surface area contributed by atoms with Crippen molar-refractivity contribution in [3.8, 4) is 5.75 Å². The summed E-state index contributed by atoms with van der Waals surface area (Å²) in [6, 6.07) is 6.50. The molecule has 0 aliphatic rings. The Kier molecular flexibility index (Phi) is 7.34. The van der Waals surface area contributed by atoms with Gasteiger partial charge in [0.15, 0.2) is 12.7 Å². The van der Waals surface area contributed by atoms with E-state index in [-0.39, 0.29) is 12.5 Å². The van der Waals surface area contributed by atoms with Crippen LogP contribution in [-0.4, -0.2) is 56.0 Å². The van der Waals surface area contributed by atoms with Crippen molar-refractivity contribution in [3.63, 3.8) is 0 Å². The van der Waals surface area contributed by atoms with Crippen molar-refractivity contribution in [1.82, 2.24) is 10.2 Å². The number of amides is 2. The molecule has 0 aliphatic carbocycles. The van der Waals surface area contributed by atoms with E-state index in [0.29, 0.717) is 10.8 Å². The first-order valence-electron chi connectivity index (χ1n) is 6.87. The summed E-state index contributed by atoms with van der Waals surface area (Å²) < 4.78 is 10.3. The van der Waals surface area contributed by atoms with Gasteiger partial charge in [-0.25, -0.2) is 4.79 Å². The molecular weight excluding hydrogens is 324 g/mol. The standard InChI is InChI=1S/C15H19ClN2O5/c1-10(23-12-6-4-11(16)5-7-12)15(21)22-9-14(20)18(3)8-13(19)17-2/h4-7,10H,8-9H2,1-3H3,(H,17,19)/t10-/m0/s1. The Morgan fingerprint density at radius 3 is 2.43 bits per heavy atom. The lowest BCUT2D eigenvalue weighted by Crippen LogP contribution is -2.39. The Bertz CT molecular complexity index is 561. The zero-order valence-corrected chi connectivity index (χ0v) is 13.9. The molecule has 0 saturated carbocycles. The minimum atomic E-state index is -0.881. The van der Waals surface area contributed by atoms with Gasteiger partial charge in [-0.1, -0.05) is 11.6 Å². The van der Waals surface area contributed by atoms with Crippen LogP contribution in [0.4, 0.5) is 0 Å². The lowest BCUT2D eigenvalue weighted by atomic mass is 10.3. The number of benzene rings is 1. The summed E-state index contributed by atoms with van der Waals surface area (Å²) in [5.74, 6) is -1.02. The summed E-state index contributed by atoms with van der Waals surface area (Å²) in [6.45, 7) is 0.944. The Morgan fingerprint density at radius 1 is 1.26 bits per heavy atom. The van der Waals surface area contributed by atoms with Crippen LogP contribution < -0.4 is 10.1 Å². The molecule has 0 aliphatic heterocycles. The molecule has 0 spiro atoms. The van der Waals surface area contributed by atoms with Crippen molar-refractivity contribution >= 4 is 29.4 Å². The van der Waals surface area contributed by atoms with E-state index in [0.717, 1.165) is 4.90 Å². The number of rotatable bonds is 7. The minimum absolute atomic E-state index is 0.107. The minimum Gasteiger partial charge on any atom is -0.479 e. The number of ether oxygens (including phenoxy) is 2. The first-order chi connectivity index (χ1) is 10.8. The first-order valence-corrected chi connectivity index (χ1v) is 7.24. The van der Waals surface area contributed by atoms with Gasteiger partial charge in [-0.05, 0) is 31.2 Å². The molecule has 1 atom stereocenters. The molecule has 0 unspecified atom stereocenters. The summed E-state index contributed by atoms with van der Waals surface area (Å²) in [5, 5.41) is 2.95. The number of carbonyl (C=O) groups is 3. The van der Waals surface area contributed by atoms with Gasteiger partial charge in [-0.15, -0.1) is 0 Å². The third-order valence-corrected chi connectivity index (χ3v) is 3.13. The van der Waals surface area contributed by atoms with Crippen LogP contribution in [-0.2, 0) is 19.1 Å². The maximum absolute atomic E-state index is 11.8. The summed E-state index contributed by atoms with van der Waals surface area (Å²) >= 11 is 5.75. The Hall–Kier alpha value is -2.28. The second-order valence-corrected chi connectivity index (χ2v) is 5.18. The molecule has 1 aromatic carbocycles. The maximum atomic E-state index is 11.8. The van der Waals surface area contributed by atoms with Crippen molar-refractivity contribution in [1.29, 1.82) is 0 Å². The average Bonchev–Trinajstić information content (AvgIpc) is 2.53. The fourth-order valence-corrected chi connectivity index (χ4v) is 1.63. The predicted molar refractivity (Wildman–Crippen MR) is 84.2 cm³/mol. The van der Waals surface area contributed by atoms with Crippen LogP contribution in [0.1, 0.15) is 6.92 Å². The molecule has 1 rings (SSSR count). The van der Waals surface area contributed by atoms with Crippen LogP contribution in [0.2, 0.25) is 5.02 Å². The normalized spacial score (nSPS) is 11.3. The number of hydrogen-bond donors (Lipinski definition) is 1. The Balaban J connectivity index is 2.41. The largest absolute Gasteiger partial charge is 0.479 e. The smallest absolute Gasteiger partial charge is 0.347 e. The quantitative estimate of drug-likeness (QED) is 0.743. The van der Waals surface area contributed by atoms with Gasteiger partial charge in [0.2, 0.25) is 5.91 Å². The van der Waals surface area contributed by atoms with Gasteiger partial charge < -0.3 is 19.7 Å². The van der Waals surface area contributed by atoms with Crippen LogP contribution in [0, 0.1) is 0 Å². The zero-order chi connectivity index (χ0) is 17.4. The van der Waals surface area contributed by atoms with Crippen LogP contribution in [0.15, 0.2) is 24.3 Å². The van der Waals surface area contributed by atoms with E-state index >= 15 is 0 Å². The highest BCUT2D eigenvalue weighted by Crippen LogP contribution is 2.17. The Labute approximate surface area is 139 Å².